The van der Waals surface area contributed by atoms with Gasteiger partial charge in [0.05, 0.1) is 36.6 Å². The molecule has 2 aromatic carbocycles. The van der Waals surface area contributed by atoms with E-state index in [1.54, 1.807) is 25.1 Å². The van der Waals surface area contributed by atoms with Gasteiger partial charge in [-0.25, -0.2) is 16.8 Å². The summed E-state index contributed by atoms with van der Waals surface area (Å²) in [7, 11) is -7.30. The number of anilines is 1. The zero-order chi connectivity index (χ0) is 26.5. The zero-order valence-electron chi connectivity index (χ0n) is 20.9. The van der Waals surface area contributed by atoms with Crippen molar-refractivity contribution in [1.82, 2.24) is 9.62 Å². The van der Waals surface area contributed by atoms with Gasteiger partial charge in [0.25, 0.3) is 0 Å². The molecule has 1 amide bonds. The van der Waals surface area contributed by atoms with Gasteiger partial charge in [-0.3, -0.25) is 9.10 Å². The van der Waals surface area contributed by atoms with Gasteiger partial charge in [0.2, 0.25) is 26.0 Å². The molecule has 1 fully saturated rings. The molecule has 1 N–H and O–H groups in total. The number of aryl methyl sites for hydroxylation is 2. The van der Waals surface area contributed by atoms with E-state index in [4.69, 9.17) is 9.47 Å². The number of ether oxygens (including phenoxy) is 2. The van der Waals surface area contributed by atoms with Crippen LogP contribution in [0.2, 0.25) is 0 Å². The molecule has 0 aliphatic carbocycles. The number of nitrogens with one attached hydrogen (secondary N) is 1. The van der Waals surface area contributed by atoms with Crippen LogP contribution in [-0.4, -0.2) is 78.8 Å². The number of nitrogens with zero attached hydrogens (tertiary/aromatic N) is 2. The Hall–Kier alpha value is -2.67. The molecule has 1 aliphatic rings. The number of amides is 1. The summed E-state index contributed by atoms with van der Waals surface area (Å²) < 4.78 is 63.8. The molecule has 0 spiro atoms. The highest BCUT2D eigenvalue weighted by atomic mass is 32.2. The van der Waals surface area contributed by atoms with E-state index in [2.05, 4.69) is 5.32 Å². The molecule has 198 valence electrons. The smallest absolute Gasteiger partial charge is 0.243 e. The van der Waals surface area contributed by atoms with E-state index in [0.717, 1.165) is 21.7 Å². The minimum absolute atomic E-state index is 0.121. The van der Waals surface area contributed by atoms with Crippen LogP contribution in [0.5, 0.6) is 5.75 Å². The average molecular weight is 540 g/mol. The van der Waals surface area contributed by atoms with Gasteiger partial charge >= 0.3 is 0 Å². The van der Waals surface area contributed by atoms with E-state index in [-0.39, 0.29) is 18.0 Å². The quantitative estimate of drug-likeness (QED) is 0.456. The summed E-state index contributed by atoms with van der Waals surface area (Å²) in [4.78, 5) is 12.9. The maximum atomic E-state index is 12.8. The first-order valence-electron chi connectivity index (χ1n) is 11.6. The molecule has 0 aromatic heterocycles. The topological polar surface area (TPSA) is 122 Å². The normalized spacial score (nSPS) is 15.8. The molecule has 1 saturated heterocycles. The number of carbonyl (C=O) groups excluding carboxylic acids is 1. The van der Waals surface area contributed by atoms with Crippen LogP contribution in [0, 0.1) is 13.8 Å². The summed E-state index contributed by atoms with van der Waals surface area (Å²) in [6, 6.07) is 10.6. The van der Waals surface area contributed by atoms with Crippen LogP contribution < -0.4 is 14.4 Å². The Morgan fingerprint density at radius 3 is 2.33 bits per heavy atom. The minimum Gasteiger partial charge on any atom is -0.492 e. The second-order valence-electron chi connectivity index (χ2n) is 8.65. The van der Waals surface area contributed by atoms with Crippen LogP contribution >= 0.6 is 0 Å². The Bertz CT molecular complexity index is 1270. The molecule has 10 nitrogen and oxygen atoms in total. The van der Waals surface area contributed by atoms with Crippen molar-refractivity contribution in [1.29, 1.82) is 0 Å². The second-order valence-corrected chi connectivity index (χ2v) is 12.4. The first-order chi connectivity index (χ1) is 16.9. The molecule has 1 aliphatic heterocycles. The van der Waals surface area contributed by atoms with Crippen molar-refractivity contribution in [2.75, 3.05) is 50.0 Å². The largest absolute Gasteiger partial charge is 0.492 e. The second kappa shape index (κ2) is 11.6. The van der Waals surface area contributed by atoms with Gasteiger partial charge in [-0.1, -0.05) is 12.1 Å². The van der Waals surface area contributed by atoms with E-state index >= 15 is 0 Å². The molecule has 1 unspecified atom stereocenters. The third-order valence-corrected chi connectivity index (χ3v) is 8.93. The van der Waals surface area contributed by atoms with Crippen LogP contribution in [0.15, 0.2) is 47.4 Å². The van der Waals surface area contributed by atoms with Crippen molar-refractivity contribution in [3.63, 3.8) is 0 Å². The summed E-state index contributed by atoms with van der Waals surface area (Å²) in [6.45, 7) is 6.83. The third-order valence-electron chi connectivity index (χ3n) is 5.79. The van der Waals surface area contributed by atoms with Crippen molar-refractivity contribution in [3.05, 3.63) is 53.6 Å². The Balaban J connectivity index is 1.56. The van der Waals surface area contributed by atoms with Crippen LogP contribution in [0.1, 0.15) is 18.1 Å². The fourth-order valence-corrected chi connectivity index (χ4v) is 6.50. The highest BCUT2D eigenvalue weighted by Gasteiger charge is 2.30. The lowest BCUT2D eigenvalue weighted by Gasteiger charge is -2.29. The van der Waals surface area contributed by atoms with Crippen molar-refractivity contribution < 1.29 is 31.1 Å². The third kappa shape index (κ3) is 6.75. The fourth-order valence-electron chi connectivity index (χ4n) is 3.87. The number of benzene rings is 2. The van der Waals surface area contributed by atoms with Crippen LogP contribution in [-0.2, 0) is 29.6 Å². The maximum Gasteiger partial charge on any atom is 0.243 e. The van der Waals surface area contributed by atoms with Gasteiger partial charge in [0.1, 0.15) is 18.4 Å². The van der Waals surface area contributed by atoms with Crippen molar-refractivity contribution in [3.8, 4) is 5.75 Å². The van der Waals surface area contributed by atoms with Gasteiger partial charge in [-0.15, -0.1) is 0 Å². The molecule has 36 heavy (non-hydrogen) atoms. The number of rotatable bonds is 10. The molecule has 0 bridgehead atoms. The number of carbonyl (C=O) groups is 1. The molecule has 0 saturated carbocycles. The minimum atomic E-state index is -3.72. The summed E-state index contributed by atoms with van der Waals surface area (Å²) in [5.74, 6) is -0.0109. The van der Waals surface area contributed by atoms with Gasteiger partial charge in [0, 0.05) is 13.1 Å². The van der Waals surface area contributed by atoms with Crippen molar-refractivity contribution in [2.45, 2.75) is 31.7 Å². The zero-order valence-corrected chi connectivity index (χ0v) is 22.6. The molecular weight excluding hydrogens is 506 g/mol. The highest BCUT2D eigenvalue weighted by molar-refractivity contribution is 7.92. The van der Waals surface area contributed by atoms with Crippen LogP contribution in [0.4, 0.5) is 5.69 Å². The molecular formula is C24H33N3O7S2. The molecule has 1 heterocycles. The monoisotopic (exact) mass is 539 g/mol. The fraction of sp³-hybridized carbons (Fsp3) is 0.458. The average Bonchev–Trinajstić information content (AvgIpc) is 2.84. The first kappa shape index (κ1) is 27.9. The number of hydrogen-bond donors (Lipinski definition) is 1. The van der Waals surface area contributed by atoms with Crippen LogP contribution in [0.25, 0.3) is 0 Å². The Morgan fingerprint density at radius 2 is 1.72 bits per heavy atom. The maximum absolute atomic E-state index is 12.8. The molecule has 3 rings (SSSR count). The molecule has 12 heteroatoms. The highest BCUT2D eigenvalue weighted by Crippen LogP contribution is 2.26. The summed E-state index contributed by atoms with van der Waals surface area (Å²) in [5.41, 5.74) is 2.09. The summed E-state index contributed by atoms with van der Waals surface area (Å²) in [5, 5.41) is 2.70. The van der Waals surface area contributed by atoms with Gasteiger partial charge in [0.15, 0.2) is 0 Å². The van der Waals surface area contributed by atoms with E-state index in [1.807, 2.05) is 19.1 Å². The predicted molar refractivity (Wildman–Crippen MR) is 137 cm³/mol. The van der Waals surface area contributed by atoms with E-state index in [9.17, 15) is 21.6 Å². The van der Waals surface area contributed by atoms with E-state index < -0.39 is 32.0 Å². The Morgan fingerprint density at radius 1 is 1.08 bits per heavy atom. The van der Waals surface area contributed by atoms with Gasteiger partial charge < -0.3 is 14.8 Å². The number of morpholine rings is 1. The Labute approximate surface area is 213 Å². The first-order valence-corrected chi connectivity index (χ1v) is 14.9. The number of sulfonamides is 2. The lowest BCUT2D eigenvalue weighted by Crippen LogP contribution is -2.48. The van der Waals surface area contributed by atoms with E-state index in [0.29, 0.717) is 37.7 Å². The summed E-state index contributed by atoms with van der Waals surface area (Å²) in [6.07, 6.45) is 1.07. The molecule has 1 atom stereocenters. The Kier molecular flexibility index (Phi) is 8.98. The summed E-state index contributed by atoms with van der Waals surface area (Å²) >= 11 is 0. The van der Waals surface area contributed by atoms with E-state index in [1.165, 1.54) is 23.4 Å². The lowest BCUT2D eigenvalue weighted by molar-refractivity contribution is -0.121. The van der Waals surface area contributed by atoms with Crippen LogP contribution in [0.3, 0.4) is 0 Å². The molecule has 2 aromatic rings. The van der Waals surface area contributed by atoms with Gasteiger partial charge in [-0.2, -0.15) is 4.31 Å². The standard InChI is InChI=1S/C24H33N3O7S2/c1-18-5-6-19(2)23(17-18)27(35(4,29)30)20(3)24(28)25-11-14-34-21-7-9-22(10-8-21)36(31,32)26-12-15-33-16-13-26/h5-10,17,20H,11-16H2,1-4H3,(H,25,28). The predicted octanol–water partition coefficient (Wildman–Crippen LogP) is 1.67. The lowest BCUT2D eigenvalue weighted by atomic mass is 10.1. The van der Waals surface area contributed by atoms with Crippen molar-refractivity contribution >= 4 is 31.6 Å². The SMILES string of the molecule is Cc1ccc(C)c(N(C(C)C(=O)NCCOc2ccc(S(=O)(=O)N3CCOCC3)cc2)S(C)(=O)=O)c1. The molecule has 0 radical (unpaired) electrons. The van der Waals surface area contributed by atoms with Gasteiger partial charge in [-0.05, 0) is 62.2 Å². The number of hydrogen-bond acceptors (Lipinski definition) is 7. The van der Waals surface area contributed by atoms with Crippen molar-refractivity contribution in [2.24, 2.45) is 0 Å².